The molecule has 5 rings (SSSR count). The van der Waals surface area contributed by atoms with Crippen LogP contribution < -0.4 is 10.9 Å². The van der Waals surface area contributed by atoms with Gasteiger partial charge in [-0.1, -0.05) is 60.3 Å². The second-order valence-corrected chi connectivity index (χ2v) is 8.44. The Labute approximate surface area is 203 Å². The number of fused-ring (bicyclic) bond motifs is 1. The highest BCUT2D eigenvalue weighted by Gasteiger charge is 2.20. The molecule has 0 saturated heterocycles. The van der Waals surface area contributed by atoms with E-state index in [9.17, 15) is 14.0 Å². The average Bonchev–Trinajstić information content (AvgIpc) is 3.51. The minimum Gasteiger partial charge on any atom is -0.360 e. The predicted octanol–water partition coefficient (Wildman–Crippen LogP) is 4.11. The number of para-hydroxylation sites is 2. The molecule has 0 aliphatic heterocycles. The molecule has 0 saturated carbocycles. The molecule has 0 fully saturated rings. The summed E-state index contributed by atoms with van der Waals surface area (Å²) in [6.07, 6.45) is 1.59. The van der Waals surface area contributed by atoms with E-state index in [0.29, 0.717) is 22.1 Å². The zero-order chi connectivity index (χ0) is 24.2. The molecule has 10 heteroatoms. The topological polar surface area (TPSA) is 105 Å². The Bertz CT molecular complexity index is 1510. The van der Waals surface area contributed by atoms with Gasteiger partial charge in [0.25, 0.3) is 5.91 Å². The summed E-state index contributed by atoms with van der Waals surface area (Å²) in [6, 6.07) is 22.9. The number of aromatic nitrogens is 4. The van der Waals surface area contributed by atoms with Crippen LogP contribution in [0.25, 0.3) is 28.0 Å². The lowest BCUT2D eigenvalue weighted by atomic mass is 10.2. The van der Waals surface area contributed by atoms with E-state index < -0.39 is 17.6 Å². The fraction of sp³-hybridized carbons (Fsp3) is 0.0400. The minimum atomic E-state index is -0.435. The first-order valence-electron chi connectivity index (χ1n) is 10.7. The summed E-state index contributed by atoms with van der Waals surface area (Å²) in [5.41, 5.74) is 7.13. The number of carbonyl (C=O) groups is 2. The van der Waals surface area contributed by atoms with Crippen LogP contribution in [0.5, 0.6) is 0 Å². The maximum Gasteiger partial charge on any atom is 0.271 e. The van der Waals surface area contributed by atoms with E-state index >= 15 is 0 Å². The Kier molecular flexibility index (Phi) is 6.27. The summed E-state index contributed by atoms with van der Waals surface area (Å²) in [5, 5.41) is 9.54. The SMILES string of the molecule is O=C(CSc1nnc(-c2ccccc2F)n1-c1ccccc1)NNC(=O)c1c[nH]c2ccccc12. The molecule has 0 radical (unpaired) electrons. The van der Waals surface area contributed by atoms with Gasteiger partial charge in [0, 0.05) is 22.8 Å². The molecule has 3 N–H and O–H groups in total. The number of thioether (sulfide) groups is 1. The van der Waals surface area contributed by atoms with Crippen LogP contribution in [0.1, 0.15) is 10.4 Å². The number of carbonyl (C=O) groups excluding carboxylic acids is 2. The lowest BCUT2D eigenvalue weighted by Crippen LogP contribution is -2.42. The third kappa shape index (κ3) is 4.64. The number of benzene rings is 3. The van der Waals surface area contributed by atoms with Crippen molar-refractivity contribution in [3.63, 3.8) is 0 Å². The minimum absolute atomic E-state index is 0.0452. The van der Waals surface area contributed by atoms with Crippen molar-refractivity contribution in [2.24, 2.45) is 0 Å². The van der Waals surface area contributed by atoms with Gasteiger partial charge in [0.1, 0.15) is 5.82 Å². The maximum atomic E-state index is 14.5. The van der Waals surface area contributed by atoms with E-state index in [1.807, 2.05) is 54.6 Å². The normalized spacial score (nSPS) is 10.9. The summed E-state index contributed by atoms with van der Waals surface area (Å²) in [6.45, 7) is 0. The number of nitrogens with zero attached hydrogens (tertiary/aromatic N) is 3. The van der Waals surface area contributed by atoms with Gasteiger partial charge in [-0.25, -0.2) is 4.39 Å². The molecule has 0 bridgehead atoms. The van der Waals surface area contributed by atoms with Gasteiger partial charge in [-0.15, -0.1) is 10.2 Å². The highest BCUT2D eigenvalue weighted by Crippen LogP contribution is 2.29. The van der Waals surface area contributed by atoms with Gasteiger partial charge in [0.2, 0.25) is 5.91 Å². The summed E-state index contributed by atoms with van der Waals surface area (Å²) in [5.74, 6) is -1.01. The van der Waals surface area contributed by atoms with E-state index in [1.54, 1.807) is 29.0 Å². The van der Waals surface area contributed by atoms with Crippen LogP contribution in [0.2, 0.25) is 0 Å². The number of nitrogens with one attached hydrogen (secondary N) is 3. The van der Waals surface area contributed by atoms with Crippen molar-refractivity contribution in [3.05, 3.63) is 96.4 Å². The highest BCUT2D eigenvalue weighted by atomic mass is 32.2. The van der Waals surface area contributed by atoms with Crippen molar-refractivity contribution >= 4 is 34.5 Å². The molecule has 174 valence electrons. The number of halogens is 1. The van der Waals surface area contributed by atoms with E-state index in [0.717, 1.165) is 28.4 Å². The molecule has 35 heavy (non-hydrogen) atoms. The van der Waals surface area contributed by atoms with Crippen LogP contribution in [0.15, 0.2) is 90.2 Å². The first-order chi connectivity index (χ1) is 17.1. The first kappa shape index (κ1) is 22.4. The Morgan fingerprint density at radius 2 is 1.66 bits per heavy atom. The van der Waals surface area contributed by atoms with Gasteiger partial charge in [-0.05, 0) is 30.3 Å². The summed E-state index contributed by atoms with van der Waals surface area (Å²) in [4.78, 5) is 28.0. The van der Waals surface area contributed by atoms with Crippen molar-refractivity contribution in [2.45, 2.75) is 5.16 Å². The number of amides is 2. The molecule has 5 aromatic rings. The van der Waals surface area contributed by atoms with Gasteiger partial charge in [0.15, 0.2) is 11.0 Å². The molecular formula is C25H19FN6O2S. The zero-order valence-electron chi connectivity index (χ0n) is 18.2. The quantitative estimate of drug-likeness (QED) is 0.248. The first-order valence-corrected chi connectivity index (χ1v) is 11.6. The number of hydrazine groups is 1. The molecule has 0 aliphatic rings. The molecule has 2 amide bonds. The fourth-order valence-electron chi connectivity index (χ4n) is 3.61. The van der Waals surface area contributed by atoms with Crippen molar-refractivity contribution in [1.82, 2.24) is 30.6 Å². The third-order valence-corrected chi connectivity index (χ3v) is 6.17. The number of hydrogen-bond acceptors (Lipinski definition) is 5. The van der Waals surface area contributed by atoms with Crippen molar-refractivity contribution in [1.29, 1.82) is 0 Å². The summed E-state index contributed by atoms with van der Waals surface area (Å²) < 4.78 is 16.2. The number of aromatic amines is 1. The Morgan fingerprint density at radius 1 is 0.914 bits per heavy atom. The van der Waals surface area contributed by atoms with Gasteiger partial charge >= 0.3 is 0 Å². The van der Waals surface area contributed by atoms with E-state index in [1.165, 1.54) is 6.07 Å². The van der Waals surface area contributed by atoms with Crippen molar-refractivity contribution < 1.29 is 14.0 Å². The van der Waals surface area contributed by atoms with Crippen LogP contribution in [0.4, 0.5) is 4.39 Å². The van der Waals surface area contributed by atoms with Gasteiger partial charge in [-0.3, -0.25) is 25.0 Å². The average molecular weight is 487 g/mol. The molecule has 0 spiro atoms. The standard InChI is InChI=1S/C25H19FN6O2S/c26-20-12-6-4-11-18(20)23-29-31-25(32(23)16-8-2-1-3-9-16)35-15-22(33)28-30-24(34)19-14-27-21-13-7-5-10-17(19)21/h1-14,27H,15H2,(H,28,33)(H,30,34). The van der Waals surface area contributed by atoms with Gasteiger partial charge in [-0.2, -0.15) is 0 Å². The Hall–Kier alpha value is -4.44. The van der Waals surface area contributed by atoms with E-state index in [4.69, 9.17) is 0 Å². The molecule has 0 aliphatic carbocycles. The van der Waals surface area contributed by atoms with Crippen molar-refractivity contribution in [3.8, 4) is 17.1 Å². The van der Waals surface area contributed by atoms with E-state index in [2.05, 4.69) is 26.0 Å². The van der Waals surface area contributed by atoms with Crippen LogP contribution in [-0.4, -0.2) is 37.3 Å². The lowest BCUT2D eigenvalue weighted by molar-refractivity contribution is -0.119. The molecule has 2 aromatic heterocycles. The number of rotatable bonds is 6. The smallest absolute Gasteiger partial charge is 0.271 e. The van der Waals surface area contributed by atoms with Crippen LogP contribution in [0.3, 0.4) is 0 Å². The zero-order valence-corrected chi connectivity index (χ0v) is 19.1. The summed E-state index contributed by atoms with van der Waals surface area (Å²) in [7, 11) is 0. The van der Waals surface area contributed by atoms with Gasteiger partial charge < -0.3 is 4.98 Å². The number of H-pyrrole nitrogens is 1. The monoisotopic (exact) mass is 486 g/mol. The molecule has 0 atom stereocenters. The van der Waals surface area contributed by atoms with Crippen molar-refractivity contribution in [2.75, 3.05) is 5.75 Å². The predicted molar refractivity (Wildman–Crippen MR) is 131 cm³/mol. The van der Waals surface area contributed by atoms with Crippen LogP contribution in [-0.2, 0) is 4.79 Å². The van der Waals surface area contributed by atoms with E-state index in [-0.39, 0.29) is 5.75 Å². The van der Waals surface area contributed by atoms with Gasteiger partial charge in [0.05, 0.1) is 16.9 Å². The fourth-order valence-corrected chi connectivity index (χ4v) is 4.36. The third-order valence-electron chi connectivity index (χ3n) is 5.24. The Morgan fingerprint density at radius 3 is 2.49 bits per heavy atom. The highest BCUT2D eigenvalue weighted by molar-refractivity contribution is 7.99. The van der Waals surface area contributed by atoms with Crippen LogP contribution in [0, 0.1) is 5.82 Å². The second-order valence-electron chi connectivity index (χ2n) is 7.50. The summed E-state index contributed by atoms with van der Waals surface area (Å²) >= 11 is 1.12. The molecule has 0 unspecified atom stereocenters. The maximum absolute atomic E-state index is 14.5. The Balaban J connectivity index is 1.30. The molecule has 2 heterocycles. The molecule has 3 aromatic carbocycles. The van der Waals surface area contributed by atoms with Crippen LogP contribution >= 0.6 is 11.8 Å². The largest absolute Gasteiger partial charge is 0.360 e. The lowest BCUT2D eigenvalue weighted by Gasteiger charge is -2.11. The number of hydrogen-bond donors (Lipinski definition) is 3. The molecular weight excluding hydrogens is 467 g/mol. The molecule has 8 nitrogen and oxygen atoms in total. The second kappa shape index (κ2) is 9.82.